The summed E-state index contributed by atoms with van der Waals surface area (Å²) in [6.45, 7) is 3.28. The smallest absolute Gasteiger partial charge is 0.219 e. The second-order valence-electron chi connectivity index (χ2n) is 4.02. The Morgan fingerprint density at radius 2 is 2.00 bits per heavy atom. The molecule has 2 rings (SSSR count). The predicted octanol–water partition coefficient (Wildman–Crippen LogP) is 3.86. The van der Waals surface area contributed by atoms with E-state index >= 15 is 0 Å². The number of aromatic nitrogens is 2. The molecule has 0 aliphatic carbocycles. The van der Waals surface area contributed by atoms with E-state index in [-0.39, 0.29) is 0 Å². The minimum absolute atomic E-state index is 0.452. The Balaban J connectivity index is 2.07. The van der Waals surface area contributed by atoms with Crippen LogP contribution in [0.3, 0.4) is 0 Å². The van der Waals surface area contributed by atoms with Crippen LogP contribution in [0.1, 0.15) is 12.5 Å². The van der Waals surface area contributed by atoms with Crippen LogP contribution >= 0.6 is 23.4 Å². The highest BCUT2D eigenvalue weighted by Crippen LogP contribution is 2.20. The Morgan fingerprint density at radius 3 is 2.65 bits per heavy atom. The zero-order chi connectivity index (χ0) is 14.4. The molecule has 0 spiro atoms. The lowest BCUT2D eigenvalue weighted by Gasteiger charge is -2.09. The highest BCUT2D eigenvalue weighted by atomic mass is 35.5. The van der Waals surface area contributed by atoms with E-state index < -0.39 is 0 Å². The summed E-state index contributed by atoms with van der Waals surface area (Å²) in [5.41, 5.74) is 1.05. The van der Waals surface area contributed by atoms with Gasteiger partial charge in [-0.3, -0.25) is 0 Å². The van der Waals surface area contributed by atoms with Crippen molar-refractivity contribution in [1.29, 1.82) is 0 Å². The molecule has 20 heavy (non-hydrogen) atoms. The molecule has 0 unspecified atom stereocenters. The first-order valence-corrected chi connectivity index (χ1v) is 7.85. The van der Waals surface area contributed by atoms with Gasteiger partial charge in [0.25, 0.3) is 0 Å². The van der Waals surface area contributed by atoms with Gasteiger partial charge in [0, 0.05) is 17.6 Å². The standard InChI is InChI=1S/C14H16ClN3OS/c1-3-16-12-8-13(18-14(17-12)20-2)19-9-10-4-6-11(15)7-5-10/h4-8H,3,9H2,1-2H3,(H,16,17,18). The number of nitrogens with zero attached hydrogens (tertiary/aromatic N) is 2. The monoisotopic (exact) mass is 309 g/mol. The quantitative estimate of drug-likeness (QED) is 0.648. The van der Waals surface area contributed by atoms with Gasteiger partial charge in [-0.1, -0.05) is 35.5 Å². The number of ether oxygens (including phenoxy) is 1. The number of benzene rings is 1. The van der Waals surface area contributed by atoms with Gasteiger partial charge < -0.3 is 10.1 Å². The molecular formula is C14H16ClN3OS. The Hall–Kier alpha value is -1.46. The van der Waals surface area contributed by atoms with Crippen molar-refractivity contribution in [2.75, 3.05) is 18.1 Å². The van der Waals surface area contributed by atoms with Crippen LogP contribution in [0.25, 0.3) is 0 Å². The van der Waals surface area contributed by atoms with Gasteiger partial charge in [0.05, 0.1) is 0 Å². The van der Waals surface area contributed by atoms with Crippen molar-refractivity contribution in [3.8, 4) is 5.88 Å². The fraction of sp³-hybridized carbons (Fsp3) is 0.286. The number of halogens is 1. The molecule has 0 aliphatic heterocycles. The number of hydrogen-bond donors (Lipinski definition) is 1. The maximum atomic E-state index is 5.85. The van der Waals surface area contributed by atoms with Gasteiger partial charge in [0.15, 0.2) is 5.16 Å². The van der Waals surface area contributed by atoms with E-state index in [0.717, 1.165) is 22.9 Å². The van der Waals surface area contributed by atoms with Crippen LogP contribution in [-0.4, -0.2) is 22.8 Å². The highest BCUT2D eigenvalue weighted by Gasteiger charge is 2.05. The molecule has 1 aromatic carbocycles. The molecule has 6 heteroatoms. The number of nitrogens with one attached hydrogen (secondary N) is 1. The average molecular weight is 310 g/mol. The summed E-state index contributed by atoms with van der Waals surface area (Å²) < 4.78 is 5.71. The summed E-state index contributed by atoms with van der Waals surface area (Å²) in [6, 6.07) is 9.36. The van der Waals surface area contributed by atoms with Crippen molar-refractivity contribution in [1.82, 2.24) is 9.97 Å². The molecule has 1 heterocycles. The van der Waals surface area contributed by atoms with E-state index in [1.54, 1.807) is 6.07 Å². The molecule has 0 amide bonds. The first-order chi connectivity index (χ1) is 9.71. The minimum atomic E-state index is 0.452. The second kappa shape index (κ2) is 7.36. The normalized spacial score (nSPS) is 10.3. The van der Waals surface area contributed by atoms with Crippen molar-refractivity contribution in [2.45, 2.75) is 18.7 Å². The van der Waals surface area contributed by atoms with Gasteiger partial charge in [0.1, 0.15) is 12.4 Å². The molecule has 0 saturated carbocycles. The molecule has 0 atom stereocenters. The average Bonchev–Trinajstić information content (AvgIpc) is 2.47. The summed E-state index contributed by atoms with van der Waals surface area (Å²) in [7, 11) is 0. The van der Waals surface area contributed by atoms with Gasteiger partial charge >= 0.3 is 0 Å². The summed E-state index contributed by atoms with van der Waals surface area (Å²) in [4.78, 5) is 8.68. The van der Waals surface area contributed by atoms with Crippen LogP contribution in [-0.2, 0) is 6.61 Å². The van der Waals surface area contributed by atoms with Crippen molar-refractivity contribution in [3.63, 3.8) is 0 Å². The largest absolute Gasteiger partial charge is 0.473 e. The zero-order valence-electron chi connectivity index (χ0n) is 11.4. The van der Waals surface area contributed by atoms with E-state index in [0.29, 0.717) is 17.6 Å². The number of rotatable bonds is 6. The molecule has 0 saturated heterocycles. The lowest BCUT2D eigenvalue weighted by atomic mass is 10.2. The van der Waals surface area contributed by atoms with E-state index in [1.807, 2.05) is 37.4 Å². The molecule has 0 radical (unpaired) electrons. The first-order valence-electron chi connectivity index (χ1n) is 6.25. The fourth-order valence-electron chi connectivity index (χ4n) is 1.58. The van der Waals surface area contributed by atoms with E-state index in [1.165, 1.54) is 11.8 Å². The van der Waals surface area contributed by atoms with Crippen LogP contribution in [0, 0.1) is 0 Å². The fourth-order valence-corrected chi connectivity index (χ4v) is 2.08. The van der Waals surface area contributed by atoms with Gasteiger partial charge in [-0.2, -0.15) is 4.98 Å². The van der Waals surface area contributed by atoms with Gasteiger partial charge in [0.2, 0.25) is 5.88 Å². The van der Waals surface area contributed by atoms with Crippen LogP contribution in [0.2, 0.25) is 5.02 Å². The van der Waals surface area contributed by atoms with Crippen molar-refractivity contribution >= 4 is 29.2 Å². The molecule has 1 N–H and O–H groups in total. The van der Waals surface area contributed by atoms with Gasteiger partial charge in [-0.05, 0) is 30.9 Å². The molecule has 0 aliphatic rings. The summed E-state index contributed by atoms with van der Waals surface area (Å²) >= 11 is 7.34. The SMILES string of the molecule is CCNc1cc(OCc2ccc(Cl)cc2)nc(SC)n1. The van der Waals surface area contributed by atoms with E-state index in [2.05, 4.69) is 15.3 Å². The molecule has 2 aromatic rings. The molecular weight excluding hydrogens is 294 g/mol. The third kappa shape index (κ3) is 4.28. The van der Waals surface area contributed by atoms with Gasteiger partial charge in [-0.25, -0.2) is 4.98 Å². The Bertz CT molecular complexity index is 563. The summed E-state index contributed by atoms with van der Waals surface area (Å²) in [6.07, 6.45) is 1.94. The van der Waals surface area contributed by atoms with Crippen molar-refractivity contribution in [2.24, 2.45) is 0 Å². The molecule has 0 fully saturated rings. The predicted molar refractivity (Wildman–Crippen MR) is 83.8 cm³/mol. The third-order valence-corrected chi connectivity index (χ3v) is 3.32. The van der Waals surface area contributed by atoms with Crippen LogP contribution in [0.15, 0.2) is 35.5 Å². The molecule has 0 bridgehead atoms. The summed E-state index contributed by atoms with van der Waals surface area (Å²) in [5, 5.41) is 4.57. The Labute approximate surface area is 127 Å². The van der Waals surface area contributed by atoms with Crippen molar-refractivity contribution < 1.29 is 4.74 Å². The molecule has 106 valence electrons. The minimum Gasteiger partial charge on any atom is -0.473 e. The zero-order valence-corrected chi connectivity index (χ0v) is 13.0. The summed E-state index contributed by atoms with van der Waals surface area (Å²) in [5.74, 6) is 1.34. The Morgan fingerprint density at radius 1 is 1.25 bits per heavy atom. The topological polar surface area (TPSA) is 47.0 Å². The maximum absolute atomic E-state index is 5.85. The van der Waals surface area contributed by atoms with Crippen molar-refractivity contribution in [3.05, 3.63) is 40.9 Å². The molecule has 1 aromatic heterocycles. The number of anilines is 1. The second-order valence-corrected chi connectivity index (χ2v) is 5.23. The van der Waals surface area contributed by atoms with Crippen LogP contribution in [0.4, 0.5) is 5.82 Å². The molecule has 4 nitrogen and oxygen atoms in total. The van der Waals surface area contributed by atoms with Crippen LogP contribution < -0.4 is 10.1 Å². The maximum Gasteiger partial charge on any atom is 0.219 e. The van der Waals surface area contributed by atoms with E-state index in [4.69, 9.17) is 16.3 Å². The lowest BCUT2D eigenvalue weighted by molar-refractivity contribution is 0.291. The first kappa shape index (κ1) is 14.9. The van der Waals surface area contributed by atoms with Crippen LogP contribution in [0.5, 0.6) is 5.88 Å². The third-order valence-electron chi connectivity index (χ3n) is 2.52. The number of thioether (sulfide) groups is 1. The lowest BCUT2D eigenvalue weighted by Crippen LogP contribution is -2.04. The Kier molecular flexibility index (Phi) is 5.49. The van der Waals surface area contributed by atoms with Gasteiger partial charge in [-0.15, -0.1) is 0 Å². The highest BCUT2D eigenvalue weighted by molar-refractivity contribution is 7.98. The number of hydrogen-bond acceptors (Lipinski definition) is 5. The van der Waals surface area contributed by atoms with E-state index in [9.17, 15) is 0 Å².